The number of thiophene rings is 2. The van der Waals surface area contributed by atoms with Gasteiger partial charge >= 0.3 is 0 Å². The van der Waals surface area contributed by atoms with Crippen molar-refractivity contribution < 1.29 is 0 Å². The molecule has 266 valence electrons. The normalized spacial score (nSPS) is 16.3. The van der Waals surface area contributed by atoms with Crippen LogP contribution in [-0.2, 0) is 0 Å². The van der Waals surface area contributed by atoms with Crippen LogP contribution in [0.3, 0.4) is 0 Å². The monoisotopic (exact) mass is 752 g/mol. The van der Waals surface area contributed by atoms with Crippen molar-refractivity contribution in [2.75, 3.05) is 9.80 Å². The number of allylic oxidation sites excluding steroid dienone is 7. The molecular formula is C52H36N2S2. The van der Waals surface area contributed by atoms with E-state index in [2.05, 4.69) is 216 Å². The maximum atomic E-state index is 2.47. The molecule has 0 saturated heterocycles. The Bertz CT molecular complexity index is 3040. The van der Waals surface area contributed by atoms with Crippen LogP contribution >= 0.6 is 22.7 Å². The van der Waals surface area contributed by atoms with E-state index in [0.717, 1.165) is 22.7 Å². The highest BCUT2D eigenvalue weighted by atomic mass is 32.1. The molecule has 2 atom stereocenters. The Balaban J connectivity index is 0.997. The fourth-order valence-electron chi connectivity index (χ4n) is 8.65. The number of fused-ring (bicyclic) bond motifs is 7. The first-order valence-corrected chi connectivity index (χ1v) is 20.8. The van der Waals surface area contributed by atoms with Gasteiger partial charge in [0.15, 0.2) is 0 Å². The van der Waals surface area contributed by atoms with Crippen molar-refractivity contribution in [1.82, 2.24) is 0 Å². The van der Waals surface area contributed by atoms with E-state index in [1.807, 2.05) is 22.7 Å². The molecule has 2 aliphatic rings. The van der Waals surface area contributed by atoms with Gasteiger partial charge in [0.1, 0.15) is 0 Å². The van der Waals surface area contributed by atoms with Crippen LogP contribution in [0.1, 0.15) is 5.56 Å². The lowest BCUT2D eigenvalue weighted by Gasteiger charge is -2.38. The molecule has 9 aromatic rings. The van der Waals surface area contributed by atoms with E-state index in [-0.39, 0.29) is 11.8 Å². The minimum Gasteiger partial charge on any atom is -0.314 e. The zero-order valence-corrected chi connectivity index (χ0v) is 32.1. The summed E-state index contributed by atoms with van der Waals surface area (Å²) in [6.07, 6.45) is 13.9. The van der Waals surface area contributed by atoms with Gasteiger partial charge in [-0.2, -0.15) is 0 Å². The molecule has 2 heterocycles. The minimum atomic E-state index is 0.169. The maximum absolute atomic E-state index is 2.47. The highest BCUT2D eigenvalue weighted by molar-refractivity contribution is 7.26. The third-order valence-electron chi connectivity index (χ3n) is 11.3. The lowest BCUT2D eigenvalue weighted by atomic mass is 9.74. The molecule has 7 aromatic carbocycles. The maximum Gasteiger partial charge on any atom is 0.0468 e. The molecular weight excluding hydrogens is 717 g/mol. The Morgan fingerprint density at radius 1 is 0.357 bits per heavy atom. The van der Waals surface area contributed by atoms with Gasteiger partial charge < -0.3 is 9.80 Å². The first kappa shape index (κ1) is 32.9. The molecule has 0 amide bonds. The summed E-state index contributed by atoms with van der Waals surface area (Å²) in [4.78, 5) is 4.84. The lowest BCUT2D eigenvalue weighted by molar-refractivity contribution is 0.627. The van der Waals surface area contributed by atoms with Gasteiger partial charge in [-0.15, -0.1) is 22.7 Å². The standard InChI is InChI=1S/C52H36N2S2/c1-3-13-36(14-4-1)53(39-27-31-51-46(33-39)44-19-9-11-21-49(44)55-51)38-25-23-35(24-26-38)41-29-30-48(43-18-8-7-17-42(41)43)54(37-15-5-2-6-16-37)40-28-32-52-47(34-40)45-20-10-12-22-50(45)56-52/h1-34,42-43H. The predicted octanol–water partition coefficient (Wildman–Crippen LogP) is 15.4. The first-order chi connectivity index (χ1) is 27.8. The summed E-state index contributed by atoms with van der Waals surface area (Å²) < 4.78 is 5.27. The number of anilines is 5. The minimum absolute atomic E-state index is 0.169. The molecule has 4 heteroatoms. The predicted molar refractivity (Wildman–Crippen MR) is 243 cm³/mol. The molecule has 0 fully saturated rings. The average molecular weight is 753 g/mol. The third-order valence-corrected chi connectivity index (χ3v) is 13.6. The van der Waals surface area contributed by atoms with Crippen molar-refractivity contribution in [2.24, 2.45) is 11.8 Å². The lowest BCUT2D eigenvalue weighted by Crippen LogP contribution is -2.29. The van der Waals surface area contributed by atoms with E-state index < -0.39 is 0 Å². The highest BCUT2D eigenvalue weighted by Gasteiger charge is 2.33. The van der Waals surface area contributed by atoms with Crippen LogP contribution in [-0.4, -0.2) is 0 Å². The second kappa shape index (κ2) is 13.7. The average Bonchev–Trinajstić information content (AvgIpc) is 3.83. The molecule has 56 heavy (non-hydrogen) atoms. The number of nitrogens with zero attached hydrogens (tertiary/aromatic N) is 2. The van der Waals surface area contributed by atoms with Crippen molar-refractivity contribution in [3.05, 3.63) is 218 Å². The van der Waals surface area contributed by atoms with Crippen LogP contribution in [0.4, 0.5) is 28.4 Å². The van der Waals surface area contributed by atoms with Crippen LogP contribution < -0.4 is 9.80 Å². The summed E-state index contributed by atoms with van der Waals surface area (Å²) in [6.45, 7) is 0. The molecule has 2 aromatic heterocycles. The van der Waals surface area contributed by atoms with E-state index in [0.29, 0.717) is 0 Å². The van der Waals surface area contributed by atoms with Crippen molar-refractivity contribution in [1.29, 1.82) is 0 Å². The Hall–Kier alpha value is -6.46. The molecule has 0 bridgehead atoms. The second-order valence-electron chi connectivity index (χ2n) is 14.5. The molecule has 2 unspecified atom stereocenters. The quantitative estimate of drug-likeness (QED) is 0.160. The molecule has 11 rings (SSSR count). The molecule has 0 aliphatic heterocycles. The van der Waals surface area contributed by atoms with E-state index in [9.17, 15) is 0 Å². The number of hydrogen-bond acceptors (Lipinski definition) is 4. The fourth-order valence-corrected chi connectivity index (χ4v) is 10.8. The third kappa shape index (κ3) is 5.61. The molecule has 0 saturated carbocycles. The Kier molecular flexibility index (Phi) is 8.05. The summed E-state index contributed by atoms with van der Waals surface area (Å²) in [5, 5.41) is 5.23. The second-order valence-corrected chi connectivity index (χ2v) is 16.6. The van der Waals surface area contributed by atoms with E-state index in [4.69, 9.17) is 0 Å². The molecule has 0 spiro atoms. The summed E-state index contributed by atoms with van der Waals surface area (Å²) in [5.41, 5.74) is 9.60. The van der Waals surface area contributed by atoms with Crippen molar-refractivity contribution in [2.45, 2.75) is 0 Å². The van der Waals surface area contributed by atoms with Gasteiger partial charge in [-0.3, -0.25) is 0 Å². The Labute approximate surface area is 334 Å². The smallest absolute Gasteiger partial charge is 0.0468 e. The van der Waals surface area contributed by atoms with Crippen molar-refractivity contribution in [3.8, 4) is 0 Å². The van der Waals surface area contributed by atoms with Crippen LogP contribution in [0, 0.1) is 11.8 Å². The fraction of sp³-hybridized carbons (Fsp3) is 0.0385. The molecule has 0 radical (unpaired) electrons. The number of benzene rings is 7. The molecule has 2 aliphatic carbocycles. The summed E-state index contributed by atoms with van der Waals surface area (Å²) >= 11 is 3.72. The first-order valence-electron chi connectivity index (χ1n) is 19.2. The van der Waals surface area contributed by atoms with Crippen LogP contribution in [0.2, 0.25) is 0 Å². The van der Waals surface area contributed by atoms with Gasteiger partial charge in [0.2, 0.25) is 0 Å². The summed E-state index contributed by atoms with van der Waals surface area (Å²) in [7, 11) is 0. The summed E-state index contributed by atoms with van der Waals surface area (Å²) in [6, 6.07) is 62.1. The summed E-state index contributed by atoms with van der Waals surface area (Å²) in [5.74, 6) is 0.366. The van der Waals surface area contributed by atoms with Crippen LogP contribution in [0.5, 0.6) is 0 Å². The largest absolute Gasteiger partial charge is 0.314 e. The zero-order valence-electron chi connectivity index (χ0n) is 30.5. The van der Waals surface area contributed by atoms with Gasteiger partial charge in [-0.05, 0) is 102 Å². The van der Waals surface area contributed by atoms with Crippen molar-refractivity contribution in [3.63, 3.8) is 0 Å². The SMILES string of the molecule is C1=CC2C(c3ccc(N(c4ccccc4)c4ccc5sc6ccccc6c5c4)cc3)=CC=C(N(c3ccccc3)c3ccc4sc5ccccc5c4c3)C2C=C1. The topological polar surface area (TPSA) is 6.48 Å². The van der Waals surface area contributed by atoms with E-state index in [1.165, 1.54) is 62.9 Å². The number of rotatable bonds is 7. The van der Waals surface area contributed by atoms with E-state index in [1.54, 1.807) is 0 Å². The van der Waals surface area contributed by atoms with Gasteiger partial charge in [0, 0.05) is 86.3 Å². The van der Waals surface area contributed by atoms with Gasteiger partial charge in [-0.1, -0.05) is 115 Å². The van der Waals surface area contributed by atoms with Crippen LogP contribution in [0.25, 0.3) is 45.9 Å². The highest BCUT2D eigenvalue weighted by Crippen LogP contribution is 2.47. The number of hydrogen-bond donors (Lipinski definition) is 0. The Morgan fingerprint density at radius 2 is 0.821 bits per heavy atom. The Morgan fingerprint density at radius 3 is 1.43 bits per heavy atom. The van der Waals surface area contributed by atoms with Gasteiger partial charge in [0.05, 0.1) is 0 Å². The van der Waals surface area contributed by atoms with Gasteiger partial charge in [-0.25, -0.2) is 0 Å². The van der Waals surface area contributed by atoms with Crippen molar-refractivity contribution >= 4 is 97.0 Å². The zero-order chi connectivity index (χ0) is 37.0. The van der Waals surface area contributed by atoms with Crippen LogP contribution in [0.15, 0.2) is 212 Å². The molecule has 0 N–H and O–H groups in total. The van der Waals surface area contributed by atoms with Gasteiger partial charge in [0.25, 0.3) is 0 Å². The number of para-hydroxylation sites is 2. The van der Waals surface area contributed by atoms with E-state index >= 15 is 0 Å². The molecule has 2 nitrogen and oxygen atoms in total.